The van der Waals surface area contributed by atoms with E-state index in [9.17, 15) is 0 Å². The molecule has 0 fully saturated rings. The van der Waals surface area contributed by atoms with Crippen LogP contribution in [0.15, 0.2) is 23.3 Å². The van der Waals surface area contributed by atoms with E-state index in [4.69, 9.17) is 5.11 Å². The first kappa shape index (κ1) is 11.5. The Balaban J connectivity index is 2.36. The van der Waals surface area contributed by atoms with Crippen LogP contribution in [0.4, 0.5) is 0 Å². The van der Waals surface area contributed by atoms with Crippen LogP contribution in [0.25, 0.3) is 0 Å². The Labute approximate surface area is 87.5 Å². The molecule has 0 heterocycles. The molecule has 1 heteroatoms. The van der Waals surface area contributed by atoms with Gasteiger partial charge in [0.25, 0.3) is 0 Å². The molecule has 0 aromatic heterocycles. The molecule has 0 aliphatic heterocycles. The summed E-state index contributed by atoms with van der Waals surface area (Å²) in [7, 11) is 0. The van der Waals surface area contributed by atoms with E-state index in [1.807, 2.05) is 0 Å². The van der Waals surface area contributed by atoms with Crippen LogP contribution in [0.2, 0.25) is 0 Å². The maximum absolute atomic E-state index is 9.07. The third kappa shape index (κ3) is 4.10. The molecule has 1 nitrogen and oxygen atoms in total. The Morgan fingerprint density at radius 3 is 3.00 bits per heavy atom. The first-order valence-electron chi connectivity index (χ1n) is 5.66. The molecule has 1 unspecified atom stereocenters. The standard InChI is InChI=1S/C13H22O/c1-11(2)5-3-6-12-7-4-8-13(9-12)10-14/h5,9,13-14H,3-4,6-8,10H2,1-2H3. The summed E-state index contributed by atoms with van der Waals surface area (Å²) in [5.74, 6) is 0.436. The van der Waals surface area contributed by atoms with E-state index >= 15 is 0 Å². The molecule has 1 rings (SSSR count). The lowest BCUT2D eigenvalue weighted by Gasteiger charge is -2.18. The van der Waals surface area contributed by atoms with Crippen LogP contribution in [-0.4, -0.2) is 11.7 Å². The second kappa shape index (κ2) is 6.02. The highest BCUT2D eigenvalue weighted by molar-refractivity contribution is 5.09. The Hall–Kier alpha value is -0.560. The fraction of sp³-hybridized carbons (Fsp3) is 0.692. The summed E-state index contributed by atoms with van der Waals surface area (Å²) in [4.78, 5) is 0. The number of aliphatic hydroxyl groups is 1. The molecular formula is C13H22O. The average molecular weight is 194 g/mol. The van der Waals surface area contributed by atoms with Gasteiger partial charge in [0.05, 0.1) is 0 Å². The van der Waals surface area contributed by atoms with Crippen molar-refractivity contribution in [2.45, 2.75) is 46.0 Å². The zero-order valence-corrected chi connectivity index (χ0v) is 9.42. The molecule has 0 amide bonds. The van der Waals surface area contributed by atoms with Gasteiger partial charge in [0.2, 0.25) is 0 Å². The Morgan fingerprint density at radius 2 is 2.36 bits per heavy atom. The fourth-order valence-corrected chi connectivity index (χ4v) is 1.99. The quantitative estimate of drug-likeness (QED) is 0.680. The van der Waals surface area contributed by atoms with Crippen molar-refractivity contribution in [3.63, 3.8) is 0 Å². The predicted molar refractivity (Wildman–Crippen MR) is 61.2 cm³/mol. The average Bonchev–Trinajstić information content (AvgIpc) is 2.18. The third-order valence-corrected chi connectivity index (χ3v) is 2.80. The largest absolute Gasteiger partial charge is 0.396 e. The summed E-state index contributed by atoms with van der Waals surface area (Å²) >= 11 is 0. The lowest BCUT2D eigenvalue weighted by molar-refractivity contribution is 0.239. The molecule has 14 heavy (non-hydrogen) atoms. The van der Waals surface area contributed by atoms with Crippen molar-refractivity contribution in [3.8, 4) is 0 Å². The summed E-state index contributed by atoms with van der Waals surface area (Å²) in [6, 6.07) is 0. The molecule has 0 aromatic carbocycles. The van der Waals surface area contributed by atoms with Gasteiger partial charge in [-0.25, -0.2) is 0 Å². The third-order valence-electron chi connectivity index (χ3n) is 2.80. The minimum atomic E-state index is 0.326. The highest BCUT2D eigenvalue weighted by atomic mass is 16.3. The van der Waals surface area contributed by atoms with Crippen molar-refractivity contribution in [1.82, 2.24) is 0 Å². The predicted octanol–water partition coefficient (Wildman–Crippen LogP) is 3.45. The van der Waals surface area contributed by atoms with Crippen LogP contribution < -0.4 is 0 Å². The molecule has 80 valence electrons. The number of aliphatic hydroxyl groups excluding tert-OH is 1. The Morgan fingerprint density at radius 1 is 1.57 bits per heavy atom. The fourth-order valence-electron chi connectivity index (χ4n) is 1.99. The lowest BCUT2D eigenvalue weighted by atomic mass is 9.89. The zero-order chi connectivity index (χ0) is 10.4. The van der Waals surface area contributed by atoms with Crippen LogP contribution in [0, 0.1) is 5.92 Å². The Kier molecular flexibility index (Phi) is 4.95. The number of hydrogen-bond acceptors (Lipinski definition) is 1. The molecule has 1 aliphatic rings. The highest BCUT2D eigenvalue weighted by Crippen LogP contribution is 2.25. The minimum absolute atomic E-state index is 0.326. The lowest BCUT2D eigenvalue weighted by Crippen LogP contribution is -2.08. The van der Waals surface area contributed by atoms with Gasteiger partial charge in [0, 0.05) is 12.5 Å². The summed E-state index contributed by atoms with van der Waals surface area (Å²) in [5, 5.41) is 9.07. The maximum atomic E-state index is 9.07. The summed E-state index contributed by atoms with van der Waals surface area (Å²) in [6.07, 6.45) is 10.6. The van der Waals surface area contributed by atoms with Gasteiger partial charge >= 0.3 is 0 Å². The first-order valence-corrected chi connectivity index (χ1v) is 5.66. The van der Waals surface area contributed by atoms with E-state index < -0.39 is 0 Å². The molecule has 1 N–H and O–H groups in total. The van der Waals surface area contributed by atoms with E-state index in [2.05, 4.69) is 26.0 Å². The van der Waals surface area contributed by atoms with Gasteiger partial charge < -0.3 is 5.11 Å². The molecule has 0 aromatic rings. The molecule has 0 saturated carbocycles. The first-order chi connectivity index (χ1) is 6.72. The van der Waals surface area contributed by atoms with Crippen molar-refractivity contribution in [2.75, 3.05) is 6.61 Å². The molecule has 1 atom stereocenters. The summed E-state index contributed by atoms with van der Waals surface area (Å²) in [6.45, 7) is 4.61. The topological polar surface area (TPSA) is 20.2 Å². The molecule has 0 radical (unpaired) electrons. The number of allylic oxidation sites excluding steroid dienone is 3. The van der Waals surface area contributed by atoms with E-state index in [1.165, 1.54) is 31.3 Å². The van der Waals surface area contributed by atoms with Crippen molar-refractivity contribution < 1.29 is 5.11 Å². The normalized spacial score (nSPS) is 21.6. The second-order valence-electron chi connectivity index (χ2n) is 4.48. The van der Waals surface area contributed by atoms with E-state index in [0.29, 0.717) is 12.5 Å². The van der Waals surface area contributed by atoms with Crippen LogP contribution in [0.3, 0.4) is 0 Å². The summed E-state index contributed by atoms with van der Waals surface area (Å²) < 4.78 is 0. The van der Waals surface area contributed by atoms with Crippen LogP contribution >= 0.6 is 0 Å². The van der Waals surface area contributed by atoms with Gasteiger partial charge in [-0.3, -0.25) is 0 Å². The second-order valence-corrected chi connectivity index (χ2v) is 4.48. The zero-order valence-electron chi connectivity index (χ0n) is 9.42. The highest BCUT2D eigenvalue weighted by Gasteiger charge is 2.11. The van der Waals surface area contributed by atoms with Crippen molar-refractivity contribution in [3.05, 3.63) is 23.3 Å². The smallest absolute Gasteiger partial charge is 0.0493 e. The van der Waals surface area contributed by atoms with E-state index in [1.54, 1.807) is 5.57 Å². The van der Waals surface area contributed by atoms with Crippen molar-refractivity contribution in [1.29, 1.82) is 0 Å². The van der Waals surface area contributed by atoms with E-state index in [0.717, 1.165) is 6.42 Å². The Bertz CT molecular complexity index is 221. The van der Waals surface area contributed by atoms with Gasteiger partial charge in [0.1, 0.15) is 0 Å². The van der Waals surface area contributed by atoms with Crippen molar-refractivity contribution in [2.24, 2.45) is 5.92 Å². The van der Waals surface area contributed by atoms with Crippen LogP contribution in [-0.2, 0) is 0 Å². The monoisotopic (exact) mass is 194 g/mol. The molecule has 0 saturated heterocycles. The molecule has 1 aliphatic carbocycles. The van der Waals surface area contributed by atoms with Gasteiger partial charge in [0.15, 0.2) is 0 Å². The van der Waals surface area contributed by atoms with Gasteiger partial charge in [-0.15, -0.1) is 0 Å². The molecular weight excluding hydrogens is 172 g/mol. The maximum Gasteiger partial charge on any atom is 0.0493 e. The van der Waals surface area contributed by atoms with Crippen molar-refractivity contribution >= 4 is 0 Å². The van der Waals surface area contributed by atoms with Gasteiger partial charge in [-0.05, 0) is 46.0 Å². The molecule has 0 spiro atoms. The number of hydrogen-bond donors (Lipinski definition) is 1. The van der Waals surface area contributed by atoms with Crippen LogP contribution in [0.5, 0.6) is 0 Å². The molecule has 0 bridgehead atoms. The van der Waals surface area contributed by atoms with E-state index in [-0.39, 0.29) is 0 Å². The SMILES string of the molecule is CC(C)=CCCC1=CC(CO)CCC1. The minimum Gasteiger partial charge on any atom is -0.396 e. The van der Waals surface area contributed by atoms with Gasteiger partial charge in [-0.1, -0.05) is 23.3 Å². The van der Waals surface area contributed by atoms with Gasteiger partial charge in [-0.2, -0.15) is 0 Å². The number of rotatable bonds is 4. The van der Waals surface area contributed by atoms with Crippen LogP contribution in [0.1, 0.15) is 46.0 Å². The summed E-state index contributed by atoms with van der Waals surface area (Å²) in [5.41, 5.74) is 2.95.